The maximum Gasteiger partial charge on any atom is 0.262 e. The number of anilines is 1. The number of nitrogens with one attached hydrogen (secondary N) is 2. The molecule has 0 aromatic heterocycles. The number of piperidine rings is 1. The fraction of sp³-hybridized carbons (Fsp3) is 0.522. The lowest BCUT2D eigenvalue weighted by atomic mass is 10.0. The molecule has 5 amide bonds. The Labute approximate surface area is 211 Å². The lowest BCUT2D eigenvalue weighted by Gasteiger charge is -2.27. The van der Waals surface area contributed by atoms with Gasteiger partial charge in [-0.1, -0.05) is 22.6 Å². The lowest BCUT2D eigenvalue weighted by Crippen LogP contribution is -2.54. The number of unbranched alkanes of at least 4 members (excludes halogenated alkanes) is 2. The van der Waals surface area contributed by atoms with Gasteiger partial charge in [-0.15, -0.1) is 0 Å². The number of rotatable bonds is 13. The molecule has 34 heavy (non-hydrogen) atoms. The molecule has 11 heteroatoms. The number of hydrogen-bond acceptors (Lipinski definition) is 7. The number of benzene rings is 1. The minimum Gasteiger partial charge on any atom is -0.381 e. The zero-order chi connectivity index (χ0) is 24.5. The quantitative estimate of drug-likeness (QED) is 0.157. The van der Waals surface area contributed by atoms with Crippen molar-refractivity contribution < 1.29 is 33.4 Å². The van der Waals surface area contributed by atoms with E-state index in [-0.39, 0.29) is 36.5 Å². The molecule has 2 aliphatic rings. The van der Waals surface area contributed by atoms with Crippen LogP contribution in [0.1, 0.15) is 59.2 Å². The van der Waals surface area contributed by atoms with E-state index in [1.165, 1.54) is 18.2 Å². The van der Waals surface area contributed by atoms with Gasteiger partial charge in [0.15, 0.2) is 0 Å². The van der Waals surface area contributed by atoms with Gasteiger partial charge in [-0.05, 0) is 54.7 Å². The summed E-state index contributed by atoms with van der Waals surface area (Å²) in [4.78, 5) is 62.1. The topological polar surface area (TPSA) is 131 Å². The predicted octanol–water partition coefficient (Wildman–Crippen LogP) is 2.05. The maximum atomic E-state index is 12.8. The van der Waals surface area contributed by atoms with Crippen molar-refractivity contribution in [2.45, 2.75) is 44.6 Å². The number of imide groups is 2. The molecule has 0 bridgehead atoms. The first kappa shape index (κ1) is 26.2. The summed E-state index contributed by atoms with van der Waals surface area (Å²) in [5.41, 5.74) is 0.603. The third-order valence-corrected chi connectivity index (χ3v) is 6.22. The lowest BCUT2D eigenvalue weighted by molar-refractivity contribution is -0.136. The van der Waals surface area contributed by atoms with Crippen LogP contribution in [0.4, 0.5) is 5.69 Å². The molecule has 3 rings (SSSR count). The van der Waals surface area contributed by atoms with Gasteiger partial charge in [0.2, 0.25) is 17.7 Å². The molecule has 10 nitrogen and oxygen atoms in total. The van der Waals surface area contributed by atoms with Gasteiger partial charge in [0, 0.05) is 31.9 Å². The van der Waals surface area contributed by atoms with Crippen LogP contribution >= 0.6 is 22.6 Å². The number of carbonyl (C=O) groups is 5. The zero-order valence-electron chi connectivity index (χ0n) is 18.8. The van der Waals surface area contributed by atoms with E-state index in [0.29, 0.717) is 18.9 Å². The highest BCUT2D eigenvalue weighted by molar-refractivity contribution is 14.1. The molecule has 1 unspecified atom stereocenters. The molecule has 1 fully saturated rings. The van der Waals surface area contributed by atoms with Gasteiger partial charge in [-0.3, -0.25) is 34.2 Å². The first-order valence-electron chi connectivity index (χ1n) is 11.3. The van der Waals surface area contributed by atoms with Gasteiger partial charge < -0.3 is 14.8 Å². The molecule has 0 spiro atoms. The maximum absolute atomic E-state index is 12.8. The van der Waals surface area contributed by atoms with Crippen LogP contribution in [0, 0.1) is 0 Å². The SMILES string of the molecule is O=C1CCC(N2C(=O)c3ccc(NC(=O)COCCCCOCCCCI)cc3C2=O)C(=O)N1. The Kier molecular flexibility index (Phi) is 9.96. The summed E-state index contributed by atoms with van der Waals surface area (Å²) in [6, 6.07) is 3.34. The van der Waals surface area contributed by atoms with Crippen LogP contribution in [0.2, 0.25) is 0 Å². The highest BCUT2D eigenvalue weighted by Crippen LogP contribution is 2.29. The number of hydrogen-bond donors (Lipinski definition) is 2. The van der Waals surface area contributed by atoms with E-state index in [0.717, 1.165) is 41.6 Å². The normalized spacial score (nSPS) is 17.7. The monoisotopic (exact) mass is 585 g/mol. The molecule has 2 heterocycles. The second-order valence-electron chi connectivity index (χ2n) is 8.02. The van der Waals surface area contributed by atoms with Crippen molar-refractivity contribution in [1.29, 1.82) is 0 Å². The van der Waals surface area contributed by atoms with Gasteiger partial charge in [-0.25, -0.2) is 0 Å². The molecule has 1 saturated heterocycles. The van der Waals surface area contributed by atoms with E-state index >= 15 is 0 Å². The van der Waals surface area contributed by atoms with Crippen molar-refractivity contribution in [3.8, 4) is 0 Å². The highest BCUT2D eigenvalue weighted by Gasteiger charge is 2.44. The second kappa shape index (κ2) is 12.9. The number of fused-ring (bicyclic) bond motifs is 1. The van der Waals surface area contributed by atoms with Crippen LogP contribution in [0.25, 0.3) is 0 Å². The summed E-state index contributed by atoms with van der Waals surface area (Å²) >= 11 is 2.34. The van der Waals surface area contributed by atoms with Gasteiger partial charge >= 0.3 is 0 Å². The number of ether oxygens (including phenoxy) is 2. The van der Waals surface area contributed by atoms with Crippen molar-refractivity contribution in [2.75, 3.05) is 36.2 Å². The molecular formula is C23H28IN3O7. The summed E-state index contributed by atoms with van der Waals surface area (Å²) in [7, 11) is 0. The molecule has 2 aliphatic heterocycles. The fourth-order valence-electron chi connectivity index (χ4n) is 3.72. The predicted molar refractivity (Wildman–Crippen MR) is 131 cm³/mol. The Morgan fingerprint density at radius 3 is 2.38 bits per heavy atom. The molecule has 1 aromatic rings. The van der Waals surface area contributed by atoms with Gasteiger partial charge in [-0.2, -0.15) is 0 Å². The van der Waals surface area contributed by atoms with E-state index in [2.05, 4.69) is 33.2 Å². The summed E-state index contributed by atoms with van der Waals surface area (Å²) < 4.78 is 12.0. The van der Waals surface area contributed by atoms with E-state index in [1.54, 1.807) is 0 Å². The average molecular weight is 585 g/mol. The van der Waals surface area contributed by atoms with Crippen LogP contribution in [0.15, 0.2) is 18.2 Å². The minimum atomic E-state index is -1.03. The first-order valence-corrected chi connectivity index (χ1v) is 12.8. The third kappa shape index (κ3) is 6.83. The van der Waals surface area contributed by atoms with Crippen LogP contribution in [-0.4, -0.2) is 71.3 Å². The number of halogens is 1. The summed E-state index contributed by atoms with van der Waals surface area (Å²) in [6.45, 7) is 1.74. The summed E-state index contributed by atoms with van der Waals surface area (Å²) in [6.07, 6.45) is 4.00. The van der Waals surface area contributed by atoms with E-state index in [9.17, 15) is 24.0 Å². The molecule has 0 radical (unpaired) electrons. The third-order valence-electron chi connectivity index (χ3n) is 5.46. The van der Waals surface area contributed by atoms with E-state index in [4.69, 9.17) is 9.47 Å². The molecular weight excluding hydrogens is 557 g/mol. The number of amides is 5. The molecule has 2 N–H and O–H groups in total. The zero-order valence-corrected chi connectivity index (χ0v) is 20.9. The van der Waals surface area contributed by atoms with Gasteiger partial charge in [0.05, 0.1) is 11.1 Å². The molecule has 0 saturated carbocycles. The number of carbonyl (C=O) groups excluding carboxylic acids is 5. The van der Waals surface area contributed by atoms with E-state index < -0.39 is 29.7 Å². The molecule has 184 valence electrons. The van der Waals surface area contributed by atoms with Crippen molar-refractivity contribution >= 4 is 57.8 Å². The average Bonchev–Trinajstić information content (AvgIpc) is 3.05. The van der Waals surface area contributed by atoms with E-state index in [1.807, 2.05) is 0 Å². The number of alkyl halides is 1. The second-order valence-corrected chi connectivity index (χ2v) is 9.10. The highest BCUT2D eigenvalue weighted by atomic mass is 127. The molecule has 1 aromatic carbocycles. The van der Waals surface area contributed by atoms with Crippen molar-refractivity contribution in [2.24, 2.45) is 0 Å². The van der Waals surface area contributed by atoms with Crippen LogP contribution < -0.4 is 10.6 Å². The smallest absolute Gasteiger partial charge is 0.262 e. The minimum absolute atomic E-state index is 0.0524. The Hall–Kier alpha value is -2.38. The Morgan fingerprint density at radius 1 is 1.00 bits per heavy atom. The van der Waals surface area contributed by atoms with Crippen molar-refractivity contribution in [1.82, 2.24) is 10.2 Å². The fourth-order valence-corrected chi connectivity index (χ4v) is 4.26. The largest absolute Gasteiger partial charge is 0.381 e. The number of nitrogens with zero attached hydrogens (tertiary/aromatic N) is 1. The van der Waals surface area contributed by atoms with Crippen molar-refractivity contribution in [3.63, 3.8) is 0 Å². The van der Waals surface area contributed by atoms with Crippen LogP contribution in [-0.2, 0) is 23.9 Å². The van der Waals surface area contributed by atoms with Gasteiger partial charge in [0.25, 0.3) is 11.8 Å². The Bertz CT molecular complexity index is 952. The molecule has 0 aliphatic carbocycles. The Morgan fingerprint density at radius 2 is 1.68 bits per heavy atom. The molecule has 1 atom stereocenters. The summed E-state index contributed by atoms with van der Waals surface area (Å²) in [5.74, 6) is -2.70. The van der Waals surface area contributed by atoms with Crippen LogP contribution in [0.5, 0.6) is 0 Å². The van der Waals surface area contributed by atoms with Crippen LogP contribution in [0.3, 0.4) is 0 Å². The summed E-state index contributed by atoms with van der Waals surface area (Å²) in [5, 5.41) is 4.81. The standard InChI is InChI=1S/C23H28IN3O7/c24-9-1-2-10-33-11-3-4-12-34-14-20(29)25-15-5-6-16-17(13-15)23(32)27(22(16)31)18-7-8-19(28)26-21(18)30/h5-6,13,18H,1-4,7-12,14H2,(H,25,29)(H,26,28,30). The van der Waals surface area contributed by atoms with Crippen molar-refractivity contribution in [3.05, 3.63) is 29.3 Å². The first-order chi connectivity index (χ1) is 16.4. The van der Waals surface area contributed by atoms with Gasteiger partial charge in [0.1, 0.15) is 12.6 Å². The Balaban J connectivity index is 1.43.